The molecule has 5 nitrogen and oxygen atoms in total. The van der Waals surface area contributed by atoms with Crippen molar-refractivity contribution in [2.24, 2.45) is 17.3 Å². The van der Waals surface area contributed by atoms with Crippen LogP contribution < -0.4 is 4.90 Å². The summed E-state index contributed by atoms with van der Waals surface area (Å²) in [5, 5.41) is 8.71. The van der Waals surface area contributed by atoms with Gasteiger partial charge in [-0.05, 0) is 23.1 Å². The van der Waals surface area contributed by atoms with Crippen molar-refractivity contribution in [2.45, 2.75) is 20.3 Å². The number of amides is 2. The molecule has 2 atom stereocenters. The fourth-order valence-electron chi connectivity index (χ4n) is 3.14. The fraction of sp³-hybridized carbons (Fsp3) is 0.400. The lowest BCUT2D eigenvalue weighted by molar-refractivity contribution is -0.136. The minimum absolute atomic E-state index is 0.0690. The second-order valence-electron chi connectivity index (χ2n) is 6.03. The van der Waals surface area contributed by atoms with Gasteiger partial charge in [0.1, 0.15) is 0 Å². The van der Waals surface area contributed by atoms with E-state index in [4.69, 9.17) is 5.11 Å². The molecular formula is C15H15NO4. The predicted molar refractivity (Wildman–Crippen MR) is 71.0 cm³/mol. The first kappa shape index (κ1) is 12.8. The molecule has 5 heteroatoms. The highest BCUT2D eigenvalue weighted by molar-refractivity contribution is 6.25. The molecule has 0 spiro atoms. The van der Waals surface area contributed by atoms with Crippen LogP contribution in [-0.2, 0) is 20.8 Å². The molecule has 2 fully saturated rings. The highest BCUT2D eigenvalue weighted by Crippen LogP contribution is 2.63. The first-order chi connectivity index (χ1) is 9.34. The number of imide groups is 1. The third kappa shape index (κ3) is 1.66. The van der Waals surface area contributed by atoms with Crippen LogP contribution in [0, 0.1) is 17.3 Å². The SMILES string of the molecule is CC1(C)C2C(=O)N(c3ccc(CC(=O)O)cc3)C(=O)C21. The van der Waals surface area contributed by atoms with E-state index in [0.717, 1.165) is 0 Å². The molecule has 1 heterocycles. The number of fused-ring (bicyclic) bond motifs is 1. The monoisotopic (exact) mass is 273 g/mol. The second kappa shape index (κ2) is 3.91. The van der Waals surface area contributed by atoms with E-state index in [1.54, 1.807) is 24.3 Å². The Balaban J connectivity index is 1.83. The quantitative estimate of drug-likeness (QED) is 0.846. The number of nitrogens with zero attached hydrogens (tertiary/aromatic N) is 1. The van der Waals surface area contributed by atoms with Gasteiger partial charge in [-0.2, -0.15) is 0 Å². The summed E-state index contributed by atoms with van der Waals surface area (Å²) < 4.78 is 0. The van der Waals surface area contributed by atoms with Crippen molar-refractivity contribution in [1.29, 1.82) is 0 Å². The third-order valence-electron chi connectivity index (χ3n) is 4.35. The maximum absolute atomic E-state index is 12.2. The van der Waals surface area contributed by atoms with Gasteiger partial charge in [0.25, 0.3) is 0 Å². The van der Waals surface area contributed by atoms with Crippen LogP contribution in [0.15, 0.2) is 24.3 Å². The van der Waals surface area contributed by atoms with Crippen molar-refractivity contribution in [3.63, 3.8) is 0 Å². The zero-order valence-corrected chi connectivity index (χ0v) is 11.3. The molecule has 1 aromatic rings. The molecule has 1 saturated carbocycles. The fourth-order valence-corrected chi connectivity index (χ4v) is 3.14. The van der Waals surface area contributed by atoms with E-state index in [1.165, 1.54) is 4.90 Å². The summed E-state index contributed by atoms with van der Waals surface area (Å²) >= 11 is 0. The zero-order chi connectivity index (χ0) is 14.7. The minimum Gasteiger partial charge on any atom is -0.481 e. The number of aliphatic carboxylic acids is 1. The molecule has 2 aliphatic rings. The highest BCUT2D eigenvalue weighted by atomic mass is 16.4. The van der Waals surface area contributed by atoms with Gasteiger partial charge in [-0.25, -0.2) is 0 Å². The number of rotatable bonds is 3. The molecule has 0 radical (unpaired) electrons. The van der Waals surface area contributed by atoms with Crippen molar-refractivity contribution in [1.82, 2.24) is 0 Å². The molecule has 1 aliphatic carbocycles. The van der Waals surface area contributed by atoms with Gasteiger partial charge in [-0.1, -0.05) is 26.0 Å². The van der Waals surface area contributed by atoms with E-state index in [-0.39, 0.29) is 35.5 Å². The van der Waals surface area contributed by atoms with Gasteiger partial charge in [0.05, 0.1) is 23.9 Å². The molecule has 1 aliphatic heterocycles. The number of carboxylic acids is 1. The summed E-state index contributed by atoms with van der Waals surface area (Å²) in [7, 11) is 0. The van der Waals surface area contributed by atoms with E-state index in [9.17, 15) is 14.4 Å². The minimum atomic E-state index is -0.908. The van der Waals surface area contributed by atoms with Gasteiger partial charge in [0.2, 0.25) is 11.8 Å². The molecule has 3 rings (SSSR count). The Labute approximate surface area is 116 Å². The molecular weight excluding hydrogens is 258 g/mol. The van der Waals surface area contributed by atoms with Gasteiger partial charge in [0, 0.05) is 0 Å². The molecule has 2 unspecified atom stereocenters. The van der Waals surface area contributed by atoms with Gasteiger partial charge < -0.3 is 5.11 Å². The largest absolute Gasteiger partial charge is 0.481 e. The number of piperidine rings is 1. The Kier molecular flexibility index (Phi) is 2.51. The Bertz CT molecular complexity index is 593. The Morgan fingerprint density at radius 3 is 2.10 bits per heavy atom. The molecule has 2 amide bonds. The van der Waals surface area contributed by atoms with Crippen LogP contribution in [-0.4, -0.2) is 22.9 Å². The smallest absolute Gasteiger partial charge is 0.307 e. The van der Waals surface area contributed by atoms with E-state index < -0.39 is 5.97 Å². The topological polar surface area (TPSA) is 74.7 Å². The second-order valence-corrected chi connectivity index (χ2v) is 6.03. The standard InChI is InChI=1S/C15H15NO4/c1-15(2)11-12(15)14(20)16(13(11)19)9-5-3-8(4-6-9)7-10(17)18/h3-6,11-12H,7H2,1-2H3,(H,17,18). The maximum Gasteiger partial charge on any atom is 0.307 e. The van der Waals surface area contributed by atoms with Crippen LogP contribution >= 0.6 is 0 Å². The highest BCUT2D eigenvalue weighted by Gasteiger charge is 2.72. The van der Waals surface area contributed by atoms with Gasteiger partial charge in [-0.15, -0.1) is 0 Å². The Morgan fingerprint density at radius 1 is 1.15 bits per heavy atom. The molecule has 1 N–H and O–H groups in total. The average Bonchev–Trinajstić information content (AvgIpc) is 2.81. The lowest BCUT2D eigenvalue weighted by atomic mass is 10.0. The zero-order valence-electron chi connectivity index (χ0n) is 11.3. The molecule has 0 bridgehead atoms. The molecule has 1 saturated heterocycles. The Hall–Kier alpha value is -2.17. The Morgan fingerprint density at radius 2 is 1.65 bits per heavy atom. The number of hydrogen-bond donors (Lipinski definition) is 1. The third-order valence-corrected chi connectivity index (χ3v) is 4.35. The van der Waals surface area contributed by atoms with Gasteiger partial charge in [-0.3, -0.25) is 19.3 Å². The van der Waals surface area contributed by atoms with Crippen molar-refractivity contribution in [2.75, 3.05) is 4.90 Å². The van der Waals surface area contributed by atoms with E-state index in [1.807, 2.05) is 13.8 Å². The first-order valence-electron chi connectivity index (χ1n) is 6.52. The summed E-state index contributed by atoms with van der Waals surface area (Å²) in [4.78, 5) is 36.3. The number of benzene rings is 1. The maximum atomic E-state index is 12.2. The molecule has 1 aromatic carbocycles. The number of hydrogen-bond acceptors (Lipinski definition) is 3. The average molecular weight is 273 g/mol. The summed E-state index contributed by atoms with van der Waals surface area (Å²) in [6, 6.07) is 6.54. The van der Waals surface area contributed by atoms with E-state index >= 15 is 0 Å². The summed E-state index contributed by atoms with van der Waals surface area (Å²) in [6.45, 7) is 3.87. The van der Waals surface area contributed by atoms with Crippen molar-refractivity contribution < 1.29 is 19.5 Å². The van der Waals surface area contributed by atoms with E-state index in [2.05, 4.69) is 0 Å². The first-order valence-corrected chi connectivity index (χ1v) is 6.52. The molecule has 104 valence electrons. The van der Waals surface area contributed by atoms with Crippen molar-refractivity contribution in [3.8, 4) is 0 Å². The normalized spacial score (nSPS) is 26.6. The summed E-state index contributed by atoms with van der Waals surface area (Å²) in [6.07, 6.45) is -0.0690. The van der Waals surface area contributed by atoms with Crippen molar-refractivity contribution >= 4 is 23.5 Å². The van der Waals surface area contributed by atoms with Crippen LogP contribution in [0.4, 0.5) is 5.69 Å². The van der Waals surface area contributed by atoms with Gasteiger partial charge in [0.15, 0.2) is 0 Å². The van der Waals surface area contributed by atoms with Crippen LogP contribution in [0.2, 0.25) is 0 Å². The lowest BCUT2D eigenvalue weighted by Gasteiger charge is -2.20. The number of carboxylic acid groups (broad SMARTS) is 1. The lowest BCUT2D eigenvalue weighted by Crippen LogP contribution is -2.36. The summed E-state index contributed by atoms with van der Waals surface area (Å²) in [5.41, 5.74) is 0.955. The van der Waals surface area contributed by atoms with Crippen LogP contribution in [0.3, 0.4) is 0 Å². The number of anilines is 1. The summed E-state index contributed by atoms with van der Waals surface area (Å²) in [5.74, 6) is -1.59. The van der Waals surface area contributed by atoms with Crippen molar-refractivity contribution in [3.05, 3.63) is 29.8 Å². The van der Waals surface area contributed by atoms with E-state index in [0.29, 0.717) is 11.3 Å². The predicted octanol–water partition coefficient (Wildman–Crippen LogP) is 1.46. The van der Waals surface area contributed by atoms with Crippen LogP contribution in [0.25, 0.3) is 0 Å². The molecule has 20 heavy (non-hydrogen) atoms. The van der Waals surface area contributed by atoms with Crippen LogP contribution in [0.1, 0.15) is 19.4 Å². The number of carbonyl (C=O) groups is 3. The van der Waals surface area contributed by atoms with Gasteiger partial charge >= 0.3 is 5.97 Å². The number of carbonyl (C=O) groups excluding carboxylic acids is 2. The molecule has 0 aromatic heterocycles. The van der Waals surface area contributed by atoms with Crippen LogP contribution in [0.5, 0.6) is 0 Å².